The highest BCUT2D eigenvalue weighted by Gasteiger charge is 2.31. The number of hydrogen-bond acceptors (Lipinski definition) is 4. The lowest BCUT2D eigenvalue weighted by molar-refractivity contribution is 0.0557. The number of rotatable bonds is 4. The topological polar surface area (TPSA) is 46.9 Å². The van der Waals surface area contributed by atoms with E-state index < -0.39 is 0 Å². The summed E-state index contributed by atoms with van der Waals surface area (Å²) in [6.07, 6.45) is 4.94. The second kappa shape index (κ2) is 7.43. The molecule has 0 amide bonds. The maximum absolute atomic E-state index is 8.78. The van der Waals surface area contributed by atoms with Crippen molar-refractivity contribution in [3.63, 3.8) is 0 Å². The summed E-state index contributed by atoms with van der Waals surface area (Å²) in [5, 5.41) is 17.6. The molecule has 0 saturated heterocycles. The van der Waals surface area contributed by atoms with Gasteiger partial charge in [-0.2, -0.15) is 0 Å². The van der Waals surface area contributed by atoms with Crippen LogP contribution < -0.4 is 0 Å². The molecule has 4 atom stereocenters. The van der Waals surface area contributed by atoms with Crippen LogP contribution >= 0.6 is 0 Å². The Hall–Kier alpha value is -0.160. The van der Waals surface area contributed by atoms with Crippen molar-refractivity contribution in [3.05, 3.63) is 0 Å². The van der Waals surface area contributed by atoms with Crippen LogP contribution in [-0.4, -0.2) is 73.5 Å². The van der Waals surface area contributed by atoms with Gasteiger partial charge in [0.25, 0.3) is 0 Å². The van der Waals surface area contributed by atoms with Gasteiger partial charge in [0.15, 0.2) is 0 Å². The molecule has 2 saturated carbocycles. The average Bonchev–Trinajstić information content (AvgIpc) is 2.14. The van der Waals surface area contributed by atoms with E-state index in [0.29, 0.717) is 37.1 Å². The van der Waals surface area contributed by atoms with Gasteiger partial charge in [-0.3, -0.25) is 0 Å². The van der Waals surface area contributed by atoms with E-state index in [2.05, 4.69) is 38.0 Å². The van der Waals surface area contributed by atoms with Crippen LogP contribution in [0, 0.1) is 11.8 Å². The Morgan fingerprint density at radius 2 is 1.06 bits per heavy atom. The van der Waals surface area contributed by atoms with Crippen molar-refractivity contribution in [2.75, 3.05) is 41.4 Å². The summed E-state index contributed by atoms with van der Waals surface area (Å²) in [4.78, 5) is 4.40. The highest BCUT2D eigenvalue weighted by molar-refractivity contribution is 4.86. The zero-order valence-corrected chi connectivity index (χ0v) is 12.3. The Bertz CT molecular complexity index is 206. The fourth-order valence-corrected chi connectivity index (χ4v) is 2.89. The first-order valence-electron chi connectivity index (χ1n) is 7.05. The molecular weight excluding hydrogens is 228 g/mol. The molecular formula is C14H30N2O2. The smallest absolute Gasteiger partial charge is 0.0474 e. The lowest BCUT2D eigenvalue weighted by Gasteiger charge is -2.39. The second-order valence-electron chi connectivity index (χ2n) is 6.10. The van der Waals surface area contributed by atoms with Crippen LogP contribution in [0.15, 0.2) is 0 Å². The van der Waals surface area contributed by atoms with E-state index in [1.54, 1.807) is 0 Å². The molecule has 0 spiro atoms. The van der Waals surface area contributed by atoms with Gasteiger partial charge in [-0.1, -0.05) is 0 Å². The van der Waals surface area contributed by atoms with Crippen molar-refractivity contribution in [1.29, 1.82) is 0 Å². The maximum atomic E-state index is 8.78. The van der Waals surface area contributed by atoms with Crippen LogP contribution in [0.1, 0.15) is 25.7 Å². The van der Waals surface area contributed by atoms with E-state index in [9.17, 15) is 0 Å². The summed E-state index contributed by atoms with van der Waals surface area (Å²) in [6.45, 7) is 0.728. The minimum Gasteiger partial charge on any atom is -0.396 e. The van der Waals surface area contributed by atoms with Crippen molar-refractivity contribution >= 4 is 0 Å². The van der Waals surface area contributed by atoms with Crippen molar-refractivity contribution < 1.29 is 10.2 Å². The van der Waals surface area contributed by atoms with E-state index in [0.717, 1.165) is 0 Å². The van der Waals surface area contributed by atoms with Crippen molar-refractivity contribution in [2.45, 2.75) is 37.8 Å². The van der Waals surface area contributed by atoms with Gasteiger partial charge in [0.1, 0.15) is 0 Å². The summed E-state index contributed by atoms with van der Waals surface area (Å²) in [5.74, 6) is 1.11. The highest BCUT2D eigenvalue weighted by atomic mass is 16.3. The molecule has 0 aromatic carbocycles. The molecule has 0 aliphatic heterocycles. The molecule has 0 bridgehead atoms. The van der Waals surface area contributed by atoms with Crippen molar-refractivity contribution in [2.24, 2.45) is 11.8 Å². The third-order valence-corrected chi connectivity index (χ3v) is 4.55. The van der Waals surface area contributed by atoms with Gasteiger partial charge in [0.05, 0.1) is 0 Å². The number of aliphatic hydroxyl groups is 2. The third-order valence-electron chi connectivity index (χ3n) is 4.55. The van der Waals surface area contributed by atoms with Gasteiger partial charge in [-0.25, -0.2) is 0 Å². The van der Waals surface area contributed by atoms with Crippen LogP contribution in [0.5, 0.6) is 0 Å². The minimum absolute atomic E-state index is 0.364. The van der Waals surface area contributed by atoms with Crippen LogP contribution in [0.25, 0.3) is 0 Å². The molecule has 108 valence electrons. The molecule has 2 N–H and O–H groups in total. The first kappa shape index (κ1) is 15.9. The minimum atomic E-state index is 0.364. The van der Waals surface area contributed by atoms with E-state index in [-0.39, 0.29) is 0 Å². The second-order valence-corrected chi connectivity index (χ2v) is 6.10. The SMILES string of the molecule is CN(C)[C@@H]1CC[C@@H]1CO.CN(C)[C@H]1CC[C@H]1CO. The van der Waals surface area contributed by atoms with Gasteiger partial charge in [0.2, 0.25) is 0 Å². The average molecular weight is 258 g/mol. The lowest BCUT2D eigenvalue weighted by Crippen LogP contribution is -2.44. The van der Waals surface area contributed by atoms with Crippen molar-refractivity contribution in [1.82, 2.24) is 9.80 Å². The Labute approximate surface area is 112 Å². The van der Waals surface area contributed by atoms with Crippen LogP contribution in [0.4, 0.5) is 0 Å². The Balaban J connectivity index is 0.000000180. The molecule has 0 unspecified atom stereocenters. The lowest BCUT2D eigenvalue weighted by atomic mass is 9.79. The van der Waals surface area contributed by atoms with Crippen LogP contribution in [0.3, 0.4) is 0 Å². The third kappa shape index (κ3) is 3.92. The molecule has 2 aliphatic rings. The van der Waals surface area contributed by atoms with E-state index >= 15 is 0 Å². The molecule has 4 nitrogen and oxygen atoms in total. The van der Waals surface area contributed by atoms with Crippen LogP contribution in [-0.2, 0) is 0 Å². The van der Waals surface area contributed by atoms with Crippen LogP contribution in [0.2, 0.25) is 0 Å². The molecule has 0 aromatic rings. The zero-order valence-electron chi connectivity index (χ0n) is 12.3. The fourth-order valence-electron chi connectivity index (χ4n) is 2.89. The Morgan fingerprint density at radius 3 is 1.11 bits per heavy atom. The quantitative estimate of drug-likeness (QED) is 0.777. The summed E-state index contributed by atoms with van der Waals surface area (Å²) in [7, 11) is 8.30. The maximum Gasteiger partial charge on any atom is 0.0474 e. The predicted octanol–water partition coefficient (Wildman–Crippen LogP) is 0.638. The molecule has 2 fully saturated rings. The number of nitrogens with zero attached hydrogens (tertiary/aromatic N) is 2. The molecule has 0 heterocycles. The standard InChI is InChI=1S/2C7H15NO/c2*1-8(2)7-4-3-6(7)5-9/h2*6-7,9H,3-5H2,1-2H3/t2*6-,7-/m10/s1. The van der Waals surface area contributed by atoms with E-state index in [1.807, 2.05) is 0 Å². The fraction of sp³-hybridized carbons (Fsp3) is 1.00. The van der Waals surface area contributed by atoms with Gasteiger partial charge in [0, 0.05) is 25.3 Å². The molecule has 0 aromatic heterocycles. The molecule has 2 aliphatic carbocycles. The zero-order chi connectivity index (χ0) is 13.7. The summed E-state index contributed by atoms with van der Waals surface area (Å²) in [5.41, 5.74) is 0. The first-order valence-corrected chi connectivity index (χ1v) is 7.05. The molecule has 0 radical (unpaired) electrons. The van der Waals surface area contributed by atoms with E-state index in [4.69, 9.17) is 10.2 Å². The summed E-state index contributed by atoms with van der Waals surface area (Å²) >= 11 is 0. The Kier molecular flexibility index (Phi) is 6.57. The van der Waals surface area contributed by atoms with Gasteiger partial charge in [-0.05, 0) is 65.7 Å². The summed E-state index contributed by atoms with van der Waals surface area (Å²) < 4.78 is 0. The summed E-state index contributed by atoms with van der Waals surface area (Å²) in [6, 6.07) is 1.30. The molecule has 2 rings (SSSR count). The highest BCUT2D eigenvalue weighted by Crippen LogP contribution is 2.30. The first-order chi connectivity index (χ1) is 8.51. The van der Waals surface area contributed by atoms with Gasteiger partial charge in [-0.15, -0.1) is 0 Å². The Morgan fingerprint density at radius 1 is 0.722 bits per heavy atom. The number of hydrogen-bond donors (Lipinski definition) is 2. The largest absolute Gasteiger partial charge is 0.396 e. The van der Waals surface area contributed by atoms with Crippen molar-refractivity contribution in [3.8, 4) is 0 Å². The van der Waals surface area contributed by atoms with Gasteiger partial charge >= 0.3 is 0 Å². The predicted molar refractivity (Wildman–Crippen MR) is 74.6 cm³/mol. The number of aliphatic hydroxyl groups excluding tert-OH is 2. The van der Waals surface area contributed by atoms with Gasteiger partial charge < -0.3 is 20.0 Å². The van der Waals surface area contributed by atoms with E-state index in [1.165, 1.54) is 25.7 Å². The molecule has 4 heteroatoms. The normalized spacial score (nSPS) is 34.7. The molecule has 18 heavy (non-hydrogen) atoms. The monoisotopic (exact) mass is 258 g/mol.